The number of ether oxygens (including phenoxy) is 2. The number of aromatic nitrogens is 2. The molecule has 0 bridgehead atoms. The van der Waals surface area contributed by atoms with Gasteiger partial charge in [-0.1, -0.05) is 36.0 Å². The predicted octanol–water partition coefficient (Wildman–Crippen LogP) is 3.67. The van der Waals surface area contributed by atoms with Crippen molar-refractivity contribution in [2.75, 3.05) is 62.4 Å². The van der Waals surface area contributed by atoms with Gasteiger partial charge in [-0.05, 0) is 37.1 Å². The van der Waals surface area contributed by atoms with Gasteiger partial charge < -0.3 is 24.6 Å². The summed E-state index contributed by atoms with van der Waals surface area (Å²) in [6.45, 7) is 4.48. The number of rotatable bonds is 8. The van der Waals surface area contributed by atoms with Gasteiger partial charge in [-0.2, -0.15) is 0 Å². The molecule has 35 heavy (non-hydrogen) atoms. The second-order valence-electron chi connectivity index (χ2n) is 8.72. The van der Waals surface area contributed by atoms with E-state index >= 15 is 0 Å². The molecular weight excluding hydrogens is 462 g/mol. The highest BCUT2D eigenvalue weighted by Crippen LogP contribution is 2.29. The molecule has 2 aliphatic rings. The largest absolute Gasteiger partial charge is 0.495 e. The monoisotopic (exact) mass is 493 g/mol. The summed E-state index contributed by atoms with van der Waals surface area (Å²) in [6, 6.07) is 16.0. The third kappa shape index (κ3) is 5.62. The SMILES string of the molecule is COc1ccccc1N1CCN(C(=O)CSc2nc(NC[C@H]3CCCO3)c3ccccc3n2)CC1. The molecule has 1 aromatic heterocycles. The van der Waals surface area contributed by atoms with Crippen molar-refractivity contribution in [2.24, 2.45) is 0 Å². The Hall–Kier alpha value is -3.04. The fraction of sp³-hybridized carbons (Fsp3) is 0.423. The van der Waals surface area contributed by atoms with Gasteiger partial charge in [-0.25, -0.2) is 9.97 Å². The molecule has 0 saturated carbocycles. The van der Waals surface area contributed by atoms with Gasteiger partial charge in [0.05, 0.1) is 30.2 Å². The van der Waals surface area contributed by atoms with Crippen molar-refractivity contribution in [2.45, 2.75) is 24.1 Å². The smallest absolute Gasteiger partial charge is 0.233 e. The van der Waals surface area contributed by atoms with Gasteiger partial charge in [0.2, 0.25) is 5.91 Å². The molecule has 2 aliphatic heterocycles. The zero-order valence-electron chi connectivity index (χ0n) is 20.0. The number of anilines is 2. The Bertz CT molecular complexity index is 1160. The van der Waals surface area contributed by atoms with Crippen LogP contribution in [0.25, 0.3) is 10.9 Å². The molecule has 5 rings (SSSR count). The van der Waals surface area contributed by atoms with Crippen LogP contribution in [0, 0.1) is 0 Å². The number of methoxy groups -OCH3 is 1. The van der Waals surface area contributed by atoms with Gasteiger partial charge in [0, 0.05) is 44.7 Å². The minimum Gasteiger partial charge on any atom is -0.495 e. The molecule has 0 aliphatic carbocycles. The van der Waals surface area contributed by atoms with E-state index in [1.807, 2.05) is 47.4 Å². The summed E-state index contributed by atoms with van der Waals surface area (Å²) in [5.41, 5.74) is 1.95. The van der Waals surface area contributed by atoms with Crippen molar-refractivity contribution < 1.29 is 14.3 Å². The summed E-state index contributed by atoms with van der Waals surface area (Å²) >= 11 is 1.39. The van der Waals surface area contributed by atoms with Crippen molar-refractivity contribution in [3.05, 3.63) is 48.5 Å². The Kier molecular flexibility index (Phi) is 7.54. The number of nitrogens with one attached hydrogen (secondary N) is 1. The maximum Gasteiger partial charge on any atom is 0.233 e. The summed E-state index contributed by atoms with van der Waals surface area (Å²) in [4.78, 5) is 26.6. The molecule has 1 amide bonds. The van der Waals surface area contributed by atoms with E-state index in [0.717, 1.165) is 67.2 Å². The van der Waals surface area contributed by atoms with Crippen LogP contribution in [0.3, 0.4) is 0 Å². The van der Waals surface area contributed by atoms with Crippen LogP contribution in [0.1, 0.15) is 12.8 Å². The summed E-state index contributed by atoms with van der Waals surface area (Å²) in [5.74, 6) is 2.09. The maximum absolute atomic E-state index is 13.0. The van der Waals surface area contributed by atoms with E-state index in [9.17, 15) is 4.79 Å². The zero-order valence-corrected chi connectivity index (χ0v) is 20.8. The van der Waals surface area contributed by atoms with Crippen LogP contribution >= 0.6 is 11.8 Å². The molecule has 2 saturated heterocycles. The lowest BCUT2D eigenvalue weighted by molar-refractivity contribution is -0.128. The van der Waals surface area contributed by atoms with Gasteiger partial charge >= 0.3 is 0 Å². The van der Waals surface area contributed by atoms with Crippen LogP contribution in [0.4, 0.5) is 11.5 Å². The zero-order chi connectivity index (χ0) is 24.0. The number of hydrogen-bond acceptors (Lipinski definition) is 8. The Labute approximate surface area is 210 Å². The summed E-state index contributed by atoms with van der Waals surface area (Å²) < 4.78 is 11.2. The third-order valence-electron chi connectivity index (χ3n) is 6.49. The fourth-order valence-electron chi connectivity index (χ4n) is 4.58. The topological polar surface area (TPSA) is 79.8 Å². The number of thioether (sulfide) groups is 1. The van der Waals surface area contributed by atoms with E-state index in [4.69, 9.17) is 19.4 Å². The number of carbonyl (C=O) groups excluding carboxylic acids is 1. The quantitative estimate of drug-likeness (QED) is 0.376. The molecule has 3 heterocycles. The van der Waals surface area contributed by atoms with Crippen molar-refractivity contribution in [1.29, 1.82) is 0 Å². The first kappa shape index (κ1) is 23.7. The van der Waals surface area contributed by atoms with Gasteiger partial charge in [-0.15, -0.1) is 0 Å². The van der Waals surface area contributed by atoms with Crippen molar-refractivity contribution >= 4 is 40.1 Å². The van der Waals surface area contributed by atoms with E-state index in [1.54, 1.807) is 7.11 Å². The molecule has 1 N–H and O–H groups in total. The average Bonchev–Trinajstić information content (AvgIpc) is 3.44. The van der Waals surface area contributed by atoms with Crippen LogP contribution in [0.15, 0.2) is 53.7 Å². The number of fused-ring (bicyclic) bond motifs is 1. The summed E-state index contributed by atoms with van der Waals surface area (Å²) in [7, 11) is 1.69. The highest BCUT2D eigenvalue weighted by atomic mass is 32.2. The molecule has 0 spiro atoms. The second kappa shape index (κ2) is 11.1. The molecule has 3 aromatic rings. The molecule has 0 radical (unpaired) electrons. The number of hydrogen-bond donors (Lipinski definition) is 1. The number of para-hydroxylation sites is 3. The summed E-state index contributed by atoms with van der Waals surface area (Å²) in [5, 5.41) is 5.04. The minimum atomic E-state index is 0.111. The first-order chi connectivity index (χ1) is 17.2. The lowest BCUT2D eigenvalue weighted by atomic mass is 10.2. The number of amides is 1. The van der Waals surface area contributed by atoms with Crippen LogP contribution in [-0.4, -0.2) is 79.1 Å². The Morgan fingerprint density at radius 1 is 1.11 bits per heavy atom. The Morgan fingerprint density at radius 2 is 1.91 bits per heavy atom. The average molecular weight is 494 g/mol. The van der Waals surface area contributed by atoms with Gasteiger partial charge in [0.25, 0.3) is 0 Å². The summed E-state index contributed by atoms with van der Waals surface area (Å²) in [6.07, 6.45) is 2.39. The molecule has 184 valence electrons. The lowest BCUT2D eigenvalue weighted by Gasteiger charge is -2.36. The van der Waals surface area contributed by atoms with Gasteiger partial charge in [-0.3, -0.25) is 4.79 Å². The first-order valence-electron chi connectivity index (χ1n) is 12.1. The van der Waals surface area contributed by atoms with Crippen LogP contribution in [-0.2, 0) is 9.53 Å². The third-order valence-corrected chi connectivity index (χ3v) is 7.32. The first-order valence-corrected chi connectivity index (χ1v) is 13.1. The lowest BCUT2D eigenvalue weighted by Crippen LogP contribution is -2.49. The maximum atomic E-state index is 13.0. The van der Waals surface area contributed by atoms with E-state index in [1.165, 1.54) is 11.8 Å². The minimum absolute atomic E-state index is 0.111. The normalized spacial score (nSPS) is 18.1. The highest BCUT2D eigenvalue weighted by Gasteiger charge is 2.23. The molecular formula is C26H31N5O3S. The van der Waals surface area contributed by atoms with E-state index in [2.05, 4.69) is 16.3 Å². The van der Waals surface area contributed by atoms with Crippen LogP contribution in [0.2, 0.25) is 0 Å². The Balaban J connectivity index is 1.19. The number of nitrogens with zero attached hydrogens (tertiary/aromatic N) is 4. The Morgan fingerprint density at radius 3 is 2.71 bits per heavy atom. The predicted molar refractivity (Wildman–Crippen MR) is 140 cm³/mol. The molecule has 0 unspecified atom stereocenters. The molecule has 8 nitrogen and oxygen atoms in total. The van der Waals surface area contributed by atoms with Crippen molar-refractivity contribution in [3.8, 4) is 5.75 Å². The van der Waals surface area contributed by atoms with Crippen LogP contribution in [0.5, 0.6) is 5.75 Å². The van der Waals surface area contributed by atoms with Gasteiger partial charge in [0.15, 0.2) is 5.16 Å². The standard InChI is InChI=1S/C26H31N5O3S/c1-33-23-11-5-4-10-22(23)30-12-14-31(15-13-30)24(32)18-35-26-28-21-9-3-2-8-20(21)25(29-26)27-17-19-7-6-16-34-19/h2-5,8-11,19H,6-7,12-18H2,1H3,(H,27,28,29)/t19-/m1/s1. The number of carbonyl (C=O) groups is 1. The second-order valence-corrected chi connectivity index (χ2v) is 9.66. The molecule has 1 atom stereocenters. The highest BCUT2D eigenvalue weighted by molar-refractivity contribution is 7.99. The van der Waals surface area contributed by atoms with Crippen molar-refractivity contribution in [1.82, 2.24) is 14.9 Å². The fourth-order valence-corrected chi connectivity index (χ4v) is 5.33. The number of piperazine rings is 1. The molecule has 2 fully saturated rings. The van der Waals surface area contributed by atoms with Gasteiger partial charge in [0.1, 0.15) is 11.6 Å². The van der Waals surface area contributed by atoms with Crippen LogP contribution < -0.4 is 15.0 Å². The van der Waals surface area contributed by atoms with E-state index < -0.39 is 0 Å². The molecule has 2 aromatic carbocycles. The van der Waals surface area contributed by atoms with E-state index in [-0.39, 0.29) is 12.0 Å². The van der Waals surface area contributed by atoms with Crippen molar-refractivity contribution in [3.63, 3.8) is 0 Å². The van der Waals surface area contributed by atoms with E-state index in [0.29, 0.717) is 24.0 Å². The molecule has 9 heteroatoms. The number of benzene rings is 2.